The van der Waals surface area contributed by atoms with Gasteiger partial charge in [0, 0.05) is 17.0 Å². The molecule has 1 aliphatic heterocycles. The number of benzene rings is 1. The third-order valence-electron chi connectivity index (χ3n) is 3.64. The van der Waals surface area contributed by atoms with Crippen molar-refractivity contribution in [2.24, 2.45) is 11.7 Å². The first kappa shape index (κ1) is 13.0. The average Bonchev–Trinajstić information content (AvgIpc) is 2.28. The number of rotatable bonds is 2. The first-order chi connectivity index (χ1) is 8.00. The molecule has 2 unspecified atom stereocenters. The van der Waals surface area contributed by atoms with Gasteiger partial charge in [-0.25, -0.2) is 0 Å². The van der Waals surface area contributed by atoms with Gasteiger partial charge in [-0.15, -0.1) is 0 Å². The van der Waals surface area contributed by atoms with Crippen molar-refractivity contribution in [2.45, 2.75) is 50.7 Å². The Labute approximate surface area is 109 Å². The summed E-state index contributed by atoms with van der Waals surface area (Å²) < 4.78 is 0. The molecule has 0 bridgehead atoms. The van der Waals surface area contributed by atoms with Gasteiger partial charge < -0.3 is 5.73 Å². The van der Waals surface area contributed by atoms with Crippen molar-refractivity contribution >= 4 is 11.8 Å². The minimum absolute atomic E-state index is 0.197. The highest BCUT2D eigenvalue weighted by molar-refractivity contribution is 7.99. The van der Waals surface area contributed by atoms with Crippen LogP contribution in [0.5, 0.6) is 0 Å². The standard InChI is InChI=1S/C15H23NS/c1-9(2)11-5-6-12-8-17-15(10(3)4)14(16)13(12)7-11/h5-7,9-10,14-15H,8,16H2,1-4H3. The van der Waals surface area contributed by atoms with E-state index in [1.807, 2.05) is 11.8 Å². The van der Waals surface area contributed by atoms with E-state index in [1.54, 1.807) is 0 Å². The normalized spacial score (nSPS) is 24.2. The zero-order chi connectivity index (χ0) is 12.6. The van der Waals surface area contributed by atoms with Gasteiger partial charge in [-0.3, -0.25) is 0 Å². The van der Waals surface area contributed by atoms with Crippen LogP contribution in [-0.2, 0) is 5.75 Å². The highest BCUT2D eigenvalue weighted by atomic mass is 32.2. The quantitative estimate of drug-likeness (QED) is 0.854. The molecule has 1 aliphatic rings. The van der Waals surface area contributed by atoms with Crippen LogP contribution in [0.3, 0.4) is 0 Å². The Kier molecular flexibility index (Phi) is 3.84. The predicted molar refractivity (Wildman–Crippen MR) is 77.4 cm³/mol. The maximum Gasteiger partial charge on any atom is 0.0421 e. The van der Waals surface area contributed by atoms with Crippen LogP contribution in [0.4, 0.5) is 0 Å². The molecule has 1 nitrogen and oxygen atoms in total. The molecule has 0 spiro atoms. The van der Waals surface area contributed by atoms with Gasteiger partial charge in [0.1, 0.15) is 0 Å². The highest BCUT2D eigenvalue weighted by Crippen LogP contribution is 2.40. The summed E-state index contributed by atoms with van der Waals surface area (Å²) in [6.45, 7) is 9.03. The summed E-state index contributed by atoms with van der Waals surface area (Å²) in [5, 5.41) is 0.560. The summed E-state index contributed by atoms with van der Waals surface area (Å²) >= 11 is 2.01. The predicted octanol–water partition coefficient (Wildman–Crippen LogP) is 4.08. The molecule has 1 heterocycles. The fourth-order valence-electron chi connectivity index (χ4n) is 2.49. The molecule has 2 heteroatoms. The van der Waals surface area contributed by atoms with Gasteiger partial charge in [-0.1, -0.05) is 45.9 Å². The van der Waals surface area contributed by atoms with Gasteiger partial charge in [0.2, 0.25) is 0 Å². The molecule has 1 aromatic carbocycles. The van der Waals surface area contributed by atoms with Crippen molar-refractivity contribution in [1.82, 2.24) is 0 Å². The number of thioether (sulfide) groups is 1. The first-order valence-corrected chi connectivity index (χ1v) is 7.55. The van der Waals surface area contributed by atoms with E-state index in [1.165, 1.54) is 16.7 Å². The van der Waals surface area contributed by atoms with E-state index in [2.05, 4.69) is 45.9 Å². The summed E-state index contributed by atoms with van der Waals surface area (Å²) in [6, 6.07) is 7.06. The smallest absolute Gasteiger partial charge is 0.0421 e. The number of fused-ring (bicyclic) bond motifs is 1. The summed E-state index contributed by atoms with van der Waals surface area (Å²) in [7, 11) is 0. The van der Waals surface area contributed by atoms with Gasteiger partial charge in [0.05, 0.1) is 0 Å². The second-order valence-electron chi connectivity index (χ2n) is 5.66. The lowest BCUT2D eigenvalue weighted by Gasteiger charge is -2.33. The minimum Gasteiger partial charge on any atom is -0.323 e. The molecule has 0 saturated heterocycles. The molecule has 0 aromatic heterocycles. The van der Waals surface area contributed by atoms with E-state index >= 15 is 0 Å². The van der Waals surface area contributed by atoms with Crippen molar-refractivity contribution in [3.8, 4) is 0 Å². The Bertz CT molecular complexity index is 398. The molecule has 0 radical (unpaired) electrons. The van der Waals surface area contributed by atoms with Gasteiger partial charge in [-0.2, -0.15) is 11.8 Å². The Morgan fingerprint density at radius 2 is 1.94 bits per heavy atom. The number of nitrogens with two attached hydrogens (primary N) is 1. The van der Waals surface area contributed by atoms with E-state index in [-0.39, 0.29) is 6.04 Å². The molecule has 0 saturated carbocycles. The Hall–Kier alpha value is -0.470. The van der Waals surface area contributed by atoms with Crippen LogP contribution < -0.4 is 5.73 Å². The van der Waals surface area contributed by atoms with Crippen molar-refractivity contribution in [3.05, 3.63) is 34.9 Å². The van der Waals surface area contributed by atoms with E-state index in [0.29, 0.717) is 17.1 Å². The van der Waals surface area contributed by atoms with E-state index < -0.39 is 0 Å². The highest BCUT2D eigenvalue weighted by Gasteiger charge is 2.29. The van der Waals surface area contributed by atoms with Crippen LogP contribution in [-0.4, -0.2) is 5.25 Å². The lowest BCUT2D eigenvalue weighted by Crippen LogP contribution is -2.32. The molecule has 2 atom stereocenters. The summed E-state index contributed by atoms with van der Waals surface area (Å²) in [5.74, 6) is 2.34. The second-order valence-corrected chi connectivity index (χ2v) is 6.82. The van der Waals surface area contributed by atoms with Gasteiger partial charge in [-0.05, 0) is 28.5 Å². The Morgan fingerprint density at radius 1 is 1.24 bits per heavy atom. The van der Waals surface area contributed by atoms with E-state index in [0.717, 1.165) is 5.75 Å². The number of hydrogen-bond donors (Lipinski definition) is 1. The van der Waals surface area contributed by atoms with Crippen molar-refractivity contribution in [1.29, 1.82) is 0 Å². The second kappa shape index (κ2) is 5.03. The average molecular weight is 249 g/mol. The van der Waals surface area contributed by atoms with Crippen molar-refractivity contribution in [2.75, 3.05) is 0 Å². The molecule has 17 heavy (non-hydrogen) atoms. The van der Waals surface area contributed by atoms with Crippen molar-refractivity contribution < 1.29 is 0 Å². The fraction of sp³-hybridized carbons (Fsp3) is 0.600. The minimum atomic E-state index is 0.197. The first-order valence-electron chi connectivity index (χ1n) is 6.50. The Morgan fingerprint density at radius 3 is 2.53 bits per heavy atom. The molecule has 94 valence electrons. The summed E-state index contributed by atoms with van der Waals surface area (Å²) in [4.78, 5) is 0. The van der Waals surface area contributed by atoms with Gasteiger partial charge in [0.25, 0.3) is 0 Å². The van der Waals surface area contributed by atoms with Gasteiger partial charge >= 0.3 is 0 Å². The number of hydrogen-bond acceptors (Lipinski definition) is 2. The van der Waals surface area contributed by atoms with Crippen molar-refractivity contribution in [3.63, 3.8) is 0 Å². The van der Waals surface area contributed by atoms with Crippen LogP contribution in [0.15, 0.2) is 18.2 Å². The molecule has 0 aliphatic carbocycles. The Balaban J connectivity index is 2.36. The molecule has 0 amide bonds. The summed E-state index contributed by atoms with van der Waals surface area (Å²) in [5.41, 5.74) is 10.7. The topological polar surface area (TPSA) is 26.0 Å². The largest absolute Gasteiger partial charge is 0.323 e. The monoisotopic (exact) mass is 249 g/mol. The van der Waals surface area contributed by atoms with E-state index in [4.69, 9.17) is 5.73 Å². The SMILES string of the molecule is CC(C)c1ccc2c(c1)C(N)C(C(C)C)SC2. The van der Waals surface area contributed by atoms with Crippen LogP contribution in [0.25, 0.3) is 0 Å². The molecular weight excluding hydrogens is 226 g/mol. The molecule has 1 aromatic rings. The van der Waals surface area contributed by atoms with Crippen LogP contribution in [0, 0.1) is 5.92 Å². The third kappa shape index (κ3) is 2.53. The molecule has 2 N–H and O–H groups in total. The lowest BCUT2D eigenvalue weighted by atomic mass is 9.90. The molecular formula is C15H23NS. The maximum atomic E-state index is 6.44. The lowest BCUT2D eigenvalue weighted by molar-refractivity contribution is 0.520. The van der Waals surface area contributed by atoms with E-state index in [9.17, 15) is 0 Å². The molecule has 0 fully saturated rings. The summed E-state index contributed by atoms with van der Waals surface area (Å²) in [6.07, 6.45) is 0. The zero-order valence-corrected chi connectivity index (χ0v) is 12.1. The van der Waals surface area contributed by atoms with Gasteiger partial charge in [0.15, 0.2) is 0 Å². The fourth-order valence-corrected chi connectivity index (χ4v) is 3.86. The zero-order valence-electron chi connectivity index (χ0n) is 11.2. The maximum absolute atomic E-state index is 6.44. The molecule has 2 rings (SSSR count). The third-order valence-corrected chi connectivity index (χ3v) is 5.34. The van der Waals surface area contributed by atoms with Crippen LogP contribution in [0.2, 0.25) is 0 Å². The van der Waals surface area contributed by atoms with Crippen LogP contribution >= 0.6 is 11.8 Å². The van der Waals surface area contributed by atoms with Crippen LogP contribution in [0.1, 0.15) is 56.3 Å².